The highest BCUT2D eigenvalue weighted by Crippen LogP contribution is 2.23. The Morgan fingerprint density at radius 1 is 0.868 bits per heavy atom. The molecular formula is C30H37N3O4S. The zero-order chi connectivity index (χ0) is 27.9. The summed E-state index contributed by atoms with van der Waals surface area (Å²) in [6.45, 7) is 7.79. The molecule has 3 aromatic carbocycles. The Morgan fingerprint density at radius 3 is 2.16 bits per heavy atom. The maximum absolute atomic E-state index is 14.0. The van der Waals surface area contributed by atoms with E-state index < -0.39 is 28.5 Å². The van der Waals surface area contributed by atoms with Crippen molar-refractivity contribution in [1.82, 2.24) is 10.2 Å². The number of likely N-dealkylation sites (N-methyl/N-ethyl adjacent to an activating group) is 1. The van der Waals surface area contributed by atoms with Crippen LogP contribution in [-0.2, 0) is 32.6 Å². The average molecular weight is 536 g/mol. The number of aryl methyl sites for hydroxylation is 3. The van der Waals surface area contributed by atoms with Crippen molar-refractivity contribution in [1.29, 1.82) is 0 Å². The molecule has 0 saturated heterocycles. The summed E-state index contributed by atoms with van der Waals surface area (Å²) in [5.41, 5.74) is 5.15. The molecule has 7 nitrogen and oxygen atoms in total. The molecule has 0 aliphatic rings. The topological polar surface area (TPSA) is 86.8 Å². The first-order valence-corrected chi connectivity index (χ1v) is 14.6. The summed E-state index contributed by atoms with van der Waals surface area (Å²) in [6.07, 6.45) is 1.39. The van der Waals surface area contributed by atoms with Gasteiger partial charge in [-0.3, -0.25) is 13.9 Å². The quantitative estimate of drug-likeness (QED) is 0.400. The van der Waals surface area contributed by atoms with Gasteiger partial charge in [0.25, 0.3) is 0 Å². The second-order valence-corrected chi connectivity index (χ2v) is 11.6. The van der Waals surface area contributed by atoms with Crippen molar-refractivity contribution in [3.63, 3.8) is 0 Å². The molecule has 2 amide bonds. The van der Waals surface area contributed by atoms with E-state index in [9.17, 15) is 18.0 Å². The molecule has 0 bridgehead atoms. The molecule has 1 N–H and O–H groups in total. The van der Waals surface area contributed by atoms with E-state index in [-0.39, 0.29) is 12.5 Å². The number of anilines is 1. The fraction of sp³-hybridized carbons (Fsp3) is 0.333. The van der Waals surface area contributed by atoms with E-state index >= 15 is 0 Å². The number of sulfonamides is 1. The van der Waals surface area contributed by atoms with E-state index in [0.29, 0.717) is 18.7 Å². The Kier molecular flexibility index (Phi) is 9.69. The van der Waals surface area contributed by atoms with Gasteiger partial charge in [0, 0.05) is 19.5 Å². The lowest BCUT2D eigenvalue weighted by molar-refractivity contribution is -0.140. The van der Waals surface area contributed by atoms with Gasteiger partial charge in [-0.2, -0.15) is 0 Å². The van der Waals surface area contributed by atoms with E-state index in [1.54, 1.807) is 12.1 Å². The molecule has 0 spiro atoms. The van der Waals surface area contributed by atoms with Crippen LogP contribution < -0.4 is 9.62 Å². The SMILES string of the molecule is CCNC(=O)C(Cc1ccccc1)N(Cc1cccc(C)c1)C(=O)CN(c1ccc(C)c(C)c1)S(C)(=O)=O. The van der Waals surface area contributed by atoms with Crippen LogP contribution in [0.3, 0.4) is 0 Å². The summed E-state index contributed by atoms with van der Waals surface area (Å²) in [7, 11) is -3.79. The van der Waals surface area contributed by atoms with Gasteiger partial charge in [-0.15, -0.1) is 0 Å². The van der Waals surface area contributed by atoms with E-state index in [1.807, 2.05) is 88.4 Å². The van der Waals surface area contributed by atoms with E-state index in [1.165, 1.54) is 4.90 Å². The first kappa shape index (κ1) is 28.9. The predicted molar refractivity (Wildman–Crippen MR) is 152 cm³/mol. The molecule has 1 unspecified atom stereocenters. The van der Waals surface area contributed by atoms with Crippen LogP contribution in [0.5, 0.6) is 0 Å². The van der Waals surface area contributed by atoms with Gasteiger partial charge < -0.3 is 10.2 Å². The van der Waals surface area contributed by atoms with Crippen LogP contribution in [-0.4, -0.2) is 50.5 Å². The van der Waals surface area contributed by atoms with Crippen LogP contribution in [0.15, 0.2) is 72.8 Å². The molecule has 0 saturated carbocycles. The van der Waals surface area contributed by atoms with Gasteiger partial charge >= 0.3 is 0 Å². The molecular weight excluding hydrogens is 498 g/mol. The molecule has 8 heteroatoms. The van der Waals surface area contributed by atoms with Crippen LogP contribution in [0.2, 0.25) is 0 Å². The van der Waals surface area contributed by atoms with E-state index in [4.69, 9.17) is 0 Å². The lowest BCUT2D eigenvalue weighted by Crippen LogP contribution is -2.53. The van der Waals surface area contributed by atoms with Crippen molar-refractivity contribution in [3.05, 3.63) is 101 Å². The van der Waals surface area contributed by atoms with Crippen molar-refractivity contribution < 1.29 is 18.0 Å². The van der Waals surface area contributed by atoms with Crippen LogP contribution in [0.25, 0.3) is 0 Å². The second kappa shape index (κ2) is 12.7. The number of hydrogen-bond donors (Lipinski definition) is 1. The lowest BCUT2D eigenvalue weighted by Gasteiger charge is -2.33. The number of amides is 2. The standard InChI is InChI=1S/C30H37N3O4S/c1-6-31-30(35)28(19-25-12-8-7-9-13-25)32(20-26-14-10-11-22(2)17-26)29(34)21-33(38(5,36)37)27-16-15-23(3)24(4)18-27/h7-18,28H,6,19-21H2,1-5H3,(H,31,35). The lowest BCUT2D eigenvalue weighted by atomic mass is 10.0. The number of nitrogens with one attached hydrogen (secondary N) is 1. The summed E-state index contributed by atoms with van der Waals surface area (Å²) in [5, 5.41) is 2.86. The summed E-state index contributed by atoms with van der Waals surface area (Å²) in [6, 6.07) is 21.7. The number of rotatable bonds is 11. The van der Waals surface area contributed by atoms with Crippen molar-refractivity contribution >= 4 is 27.5 Å². The average Bonchev–Trinajstić information content (AvgIpc) is 2.86. The molecule has 0 fully saturated rings. The Balaban J connectivity index is 2.05. The van der Waals surface area contributed by atoms with Crippen molar-refractivity contribution in [2.45, 2.75) is 46.7 Å². The molecule has 0 aromatic heterocycles. The molecule has 0 heterocycles. The molecule has 202 valence electrons. The maximum Gasteiger partial charge on any atom is 0.244 e. The van der Waals surface area contributed by atoms with Crippen LogP contribution in [0.4, 0.5) is 5.69 Å². The zero-order valence-electron chi connectivity index (χ0n) is 22.8. The van der Waals surface area contributed by atoms with Gasteiger partial charge in [0.15, 0.2) is 0 Å². The molecule has 3 rings (SSSR count). The summed E-state index contributed by atoms with van der Waals surface area (Å²) in [5.74, 6) is -0.739. The largest absolute Gasteiger partial charge is 0.355 e. The minimum atomic E-state index is -3.79. The van der Waals surface area contributed by atoms with Gasteiger partial charge in [0.05, 0.1) is 11.9 Å². The highest BCUT2D eigenvalue weighted by molar-refractivity contribution is 7.92. The number of hydrogen-bond acceptors (Lipinski definition) is 4. The summed E-state index contributed by atoms with van der Waals surface area (Å²) < 4.78 is 26.8. The second-order valence-electron chi connectivity index (χ2n) is 9.65. The summed E-state index contributed by atoms with van der Waals surface area (Å²) in [4.78, 5) is 28.8. The van der Waals surface area contributed by atoms with E-state index in [0.717, 1.165) is 38.4 Å². The fourth-order valence-corrected chi connectivity index (χ4v) is 5.19. The highest BCUT2D eigenvalue weighted by atomic mass is 32.2. The van der Waals surface area contributed by atoms with Gasteiger partial charge in [-0.1, -0.05) is 66.2 Å². The molecule has 0 aliphatic heterocycles. The first-order chi connectivity index (χ1) is 18.0. The Hall–Kier alpha value is -3.65. The van der Waals surface area contributed by atoms with Gasteiger partial charge in [0.1, 0.15) is 12.6 Å². The third-order valence-electron chi connectivity index (χ3n) is 6.52. The van der Waals surface area contributed by atoms with Crippen LogP contribution >= 0.6 is 0 Å². The van der Waals surface area contributed by atoms with Crippen molar-refractivity contribution in [2.24, 2.45) is 0 Å². The van der Waals surface area contributed by atoms with Crippen molar-refractivity contribution in [3.8, 4) is 0 Å². The fourth-order valence-electron chi connectivity index (χ4n) is 4.35. The third kappa shape index (κ3) is 7.68. The zero-order valence-corrected chi connectivity index (χ0v) is 23.6. The molecule has 1 atom stereocenters. The van der Waals surface area contributed by atoms with Crippen LogP contribution in [0, 0.1) is 20.8 Å². The maximum atomic E-state index is 14.0. The van der Waals surface area contributed by atoms with Gasteiger partial charge in [-0.05, 0) is 62.1 Å². The number of carbonyl (C=O) groups excluding carboxylic acids is 2. The molecule has 3 aromatic rings. The third-order valence-corrected chi connectivity index (χ3v) is 7.66. The Bertz CT molecular complexity index is 1370. The monoisotopic (exact) mass is 535 g/mol. The number of benzene rings is 3. The van der Waals surface area contributed by atoms with Gasteiger partial charge in [-0.25, -0.2) is 8.42 Å². The summed E-state index contributed by atoms with van der Waals surface area (Å²) >= 11 is 0. The first-order valence-electron chi connectivity index (χ1n) is 12.7. The highest BCUT2D eigenvalue weighted by Gasteiger charge is 2.32. The smallest absolute Gasteiger partial charge is 0.244 e. The normalized spacial score (nSPS) is 12.0. The minimum Gasteiger partial charge on any atom is -0.355 e. The Morgan fingerprint density at radius 2 is 1.55 bits per heavy atom. The molecule has 38 heavy (non-hydrogen) atoms. The van der Waals surface area contributed by atoms with Crippen molar-refractivity contribution in [2.75, 3.05) is 23.7 Å². The van der Waals surface area contributed by atoms with E-state index in [2.05, 4.69) is 5.32 Å². The van der Waals surface area contributed by atoms with Crippen LogP contribution in [0.1, 0.15) is 34.7 Å². The van der Waals surface area contributed by atoms with Gasteiger partial charge in [0.2, 0.25) is 21.8 Å². The molecule has 0 radical (unpaired) electrons. The minimum absolute atomic E-state index is 0.166. The predicted octanol–water partition coefficient (Wildman–Crippen LogP) is 4.15. The Labute approximate surface area is 226 Å². The molecule has 0 aliphatic carbocycles. The number of nitrogens with zero attached hydrogens (tertiary/aromatic N) is 2. The number of carbonyl (C=O) groups is 2.